The summed E-state index contributed by atoms with van der Waals surface area (Å²) in [7, 11) is 0. The van der Waals surface area contributed by atoms with Crippen molar-refractivity contribution in [1.82, 2.24) is 9.88 Å². The van der Waals surface area contributed by atoms with Crippen LogP contribution in [0.2, 0.25) is 0 Å². The minimum Gasteiger partial charge on any atom is -0.548 e. The molecule has 1 N–H and O–H groups in total. The molecule has 0 saturated heterocycles. The van der Waals surface area contributed by atoms with Crippen molar-refractivity contribution in [3.63, 3.8) is 0 Å². The van der Waals surface area contributed by atoms with E-state index in [1.54, 1.807) is 24.3 Å². The monoisotopic (exact) mass is 259 g/mol. The van der Waals surface area contributed by atoms with Crippen molar-refractivity contribution in [2.45, 2.75) is 6.54 Å². The van der Waals surface area contributed by atoms with E-state index in [4.69, 9.17) is 0 Å². The summed E-state index contributed by atoms with van der Waals surface area (Å²) < 4.78 is 1.23. The van der Waals surface area contributed by atoms with Crippen LogP contribution < -0.4 is 16.0 Å². The number of amides is 1. The Balaban J connectivity index is 2.22. The van der Waals surface area contributed by atoms with Gasteiger partial charge in [-0.3, -0.25) is 9.59 Å². The Morgan fingerprint density at radius 3 is 2.68 bits per heavy atom. The zero-order valence-corrected chi connectivity index (χ0v) is 9.96. The first-order valence-electron chi connectivity index (χ1n) is 5.62. The molecule has 6 heteroatoms. The maximum atomic E-state index is 12.1. The third-order valence-electron chi connectivity index (χ3n) is 2.63. The summed E-state index contributed by atoms with van der Waals surface area (Å²) in [4.78, 5) is 33.7. The second-order valence-corrected chi connectivity index (χ2v) is 3.98. The van der Waals surface area contributed by atoms with Gasteiger partial charge < -0.3 is 19.8 Å². The number of aromatic nitrogens is 1. The van der Waals surface area contributed by atoms with Crippen molar-refractivity contribution < 1.29 is 14.7 Å². The number of rotatable bonds is 4. The largest absolute Gasteiger partial charge is 0.548 e. The molecule has 0 atom stereocenters. The summed E-state index contributed by atoms with van der Waals surface area (Å²) >= 11 is 0. The second-order valence-electron chi connectivity index (χ2n) is 3.98. The lowest BCUT2D eigenvalue weighted by molar-refractivity contribution is -0.304. The molecule has 0 aliphatic heterocycles. The van der Waals surface area contributed by atoms with E-state index in [0.29, 0.717) is 5.39 Å². The maximum Gasteiger partial charge on any atom is 0.258 e. The normalized spacial score (nSPS) is 10.3. The van der Waals surface area contributed by atoms with E-state index in [2.05, 4.69) is 5.32 Å². The predicted octanol–water partition coefficient (Wildman–Crippen LogP) is -1.13. The van der Waals surface area contributed by atoms with Crippen LogP contribution in [0.15, 0.2) is 41.3 Å². The summed E-state index contributed by atoms with van der Waals surface area (Å²) in [6.45, 7) is -0.794. The van der Waals surface area contributed by atoms with Crippen molar-refractivity contribution in [1.29, 1.82) is 0 Å². The number of nitrogens with zero attached hydrogens (tertiary/aromatic N) is 1. The van der Waals surface area contributed by atoms with Crippen LogP contribution in [0.4, 0.5) is 0 Å². The lowest BCUT2D eigenvalue weighted by Gasteiger charge is -2.08. The number of aliphatic carboxylic acids is 1. The topological polar surface area (TPSA) is 91.2 Å². The van der Waals surface area contributed by atoms with Gasteiger partial charge in [-0.1, -0.05) is 18.2 Å². The molecule has 0 fully saturated rings. The Kier molecular flexibility index (Phi) is 3.61. The van der Waals surface area contributed by atoms with Crippen LogP contribution in [0.1, 0.15) is 0 Å². The zero-order chi connectivity index (χ0) is 13.8. The van der Waals surface area contributed by atoms with Crippen LogP contribution in [0, 0.1) is 0 Å². The molecule has 2 aromatic rings. The maximum absolute atomic E-state index is 12.1. The summed E-state index contributed by atoms with van der Waals surface area (Å²) in [6, 6.07) is 8.76. The quantitative estimate of drug-likeness (QED) is 0.752. The third kappa shape index (κ3) is 2.98. The molecule has 0 bridgehead atoms. The second kappa shape index (κ2) is 5.34. The minimum atomic E-state index is -1.38. The van der Waals surface area contributed by atoms with E-state index in [0.717, 1.165) is 5.39 Å². The summed E-state index contributed by atoms with van der Waals surface area (Å²) in [5, 5.41) is 13.7. The van der Waals surface area contributed by atoms with Crippen molar-refractivity contribution in [3.8, 4) is 0 Å². The first-order chi connectivity index (χ1) is 9.08. The highest BCUT2D eigenvalue weighted by Gasteiger charge is 2.06. The Morgan fingerprint density at radius 2 is 1.95 bits per heavy atom. The number of benzene rings is 1. The number of carboxylic acids is 1. The molecule has 1 amide bonds. The molecule has 19 heavy (non-hydrogen) atoms. The summed E-state index contributed by atoms with van der Waals surface area (Å²) in [5.41, 5.74) is -0.290. The lowest BCUT2D eigenvalue weighted by atomic mass is 10.2. The molecule has 0 aliphatic rings. The highest BCUT2D eigenvalue weighted by Crippen LogP contribution is 2.07. The zero-order valence-electron chi connectivity index (χ0n) is 9.96. The van der Waals surface area contributed by atoms with Gasteiger partial charge in [-0.25, -0.2) is 0 Å². The van der Waals surface area contributed by atoms with Gasteiger partial charge in [0.1, 0.15) is 6.54 Å². The molecule has 0 unspecified atom stereocenters. The molecule has 1 aromatic carbocycles. The SMILES string of the molecule is O=C([O-])CNC(=O)Cn1ccc2ccccc2c1=O. The molecular formula is C13H11N2O4-. The standard InChI is InChI=1S/C13H12N2O4/c16-11(14-7-12(17)18)8-15-6-5-9-3-1-2-4-10(9)13(15)19/h1-6H,7-8H2,(H,14,16)(H,17,18)/p-1. The van der Waals surface area contributed by atoms with Gasteiger partial charge in [0, 0.05) is 11.6 Å². The summed E-state index contributed by atoms with van der Waals surface area (Å²) in [6.07, 6.45) is 1.50. The molecule has 0 saturated carbocycles. The van der Waals surface area contributed by atoms with Crippen molar-refractivity contribution in [3.05, 3.63) is 46.9 Å². The van der Waals surface area contributed by atoms with E-state index in [9.17, 15) is 19.5 Å². The first kappa shape index (κ1) is 12.8. The van der Waals surface area contributed by atoms with Gasteiger partial charge in [-0.05, 0) is 17.5 Å². The Labute approximate surface area is 108 Å². The Hall–Kier alpha value is -2.63. The number of hydrogen-bond donors (Lipinski definition) is 1. The van der Waals surface area contributed by atoms with Gasteiger partial charge in [0.25, 0.3) is 5.56 Å². The van der Waals surface area contributed by atoms with Crippen molar-refractivity contribution >= 4 is 22.6 Å². The number of carbonyl (C=O) groups excluding carboxylic acids is 2. The van der Waals surface area contributed by atoms with Crippen LogP contribution >= 0.6 is 0 Å². The van der Waals surface area contributed by atoms with Gasteiger partial charge >= 0.3 is 0 Å². The molecular weight excluding hydrogens is 248 g/mol. The average Bonchev–Trinajstić information content (AvgIpc) is 2.40. The predicted molar refractivity (Wildman–Crippen MR) is 66.2 cm³/mol. The molecule has 1 aromatic heterocycles. The summed E-state index contributed by atoms with van der Waals surface area (Å²) in [5.74, 6) is -1.93. The van der Waals surface area contributed by atoms with Crippen LogP contribution in [0.5, 0.6) is 0 Å². The average molecular weight is 259 g/mol. The van der Waals surface area contributed by atoms with E-state index in [-0.39, 0.29) is 12.1 Å². The van der Waals surface area contributed by atoms with Gasteiger partial charge in [0.05, 0.1) is 12.5 Å². The molecule has 0 radical (unpaired) electrons. The number of carbonyl (C=O) groups is 2. The van der Waals surface area contributed by atoms with Crippen LogP contribution in [-0.2, 0) is 16.1 Å². The molecule has 6 nitrogen and oxygen atoms in total. The number of fused-ring (bicyclic) bond motifs is 1. The van der Waals surface area contributed by atoms with Crippen LogP contribution in [0.3, 0.4) is 0 Å². The fraction of sp³-hybridized carbons (Fsp3) is 0.154. The highest BCUT2D eigenvalue weighted by molar-refractivity contribution is 5.83. The van der Waals surface area contributed by atoms with Crippen molar-refractivity contribution in [2.24, 2.45) is 0 Å². The van der Waals surface area contributed by atoms with Gasteiger partial charge in [0.2, 0.25) is 5.91 Å². The Bertz CT molecular complexity index is 690. The number of hydrogen-bond acceptors (Lipinski definition) is 4. The van der Waals surface area contributed by atoms with E-state index < -0.39 is 18.4 Å². The van der Waals surface area contributed by atoms with Gasteiger partial charge in [0.15, 0.2) is 0 Å². The minimum absolute atomic E-state index is 0.225. The van der Waals surface area contributed by atoms with Crippen molar-refractivity contribution in [2.75, 3.05) is 6.54 Å². The fourth-order valence-corrected chi connectivity index (χ4v) is 1.74. The third-order valence-corrected chi connectivity index (χ3v) is 2.63. The van der Waals surface area contributed by atoms with Gasteiger partial charge in [-0.15, -0.1) is 0 Å². The Morgan fingerprint density at radius 1 is 1.21 bits per heavy atom. The van der Waals surface area contributed by atoms with E-state index in [1.807, 2.05) is 6.07 Å². The van der Waals surface area contributed by atoms with Crippen LogP contribution in [0.25, 0.3) is 10.8 Å². The van der Waals surface area contributed by atoms with Crippen LogP contribution in [-0.4, -0.2) is 23.0 Å². The molecule has 1 heterocycles. The van der Waals surface area contributed by atoms with Gasteiger partial charge in [-0.2, -0.15) is 0 Å². The molecule has 0 spiro atoms. The molecule has 2 rings (SSSR count). The molecule has 98 valence electrons. The van der Waals surface area contributed by atoms with E-state index >= 15 is 0 Å². The number of nitrogens with one attached hydrogen (secondary N) is 1. The lowest BCUT2D eigenvalue weighted by Crippen LogP contribution is -2.40. The number of carboxylic acid groups (broad SMARTS) is 1. The first-order valence-corrected chi connectivity index (χ1v) is 5.62. The number of pyridine rings is 1. The smallest absolute Gasteiger partial charge is 0.258 e. The highest BCUT2D eigenvalue weighted by atomic mass is 16.4. The van der Waals surface area contributed by atoms with E-state index in [1.165, 1.54) is 10.8 Å². The fourth-order valence-electron chi connectivity index (χ4n) is 1.74. The molecule has 0 aliphatic carbocycles.